The molecular weight excluding hydrogens is 198 g/mol. The largest absolute Gasteiger partial charge is 0.392 e. The molecule has 0 heterocycles. The monoisotopic (exact) mass is 223 g/mol. The standard InChI is InChI=1S/C14H25NO/c16-14-5-3-1-2-4-12(14)15-13-9-10-6-7-11(13)8-10/h10-16H,1-9H2. The molecule has 2 bridgehead atoms. The van der Waals surface area contributed by atoms with Gasteiger partial charge < -0.3 is 10.4 Å². The lowest BCUT2D eigenvalue weighted by molar-refractivity contribution is 0.107. The third kappa shape index (κ3) is 2.14. The number of aliphatic hydroxyl groups is 1. The molecule has 0 aliphatic heterocycles. The second-order valence-electron chi connectivity index (χ2n) is 6.26. The van der Waals surface area contributed by atoms with Crippen molar-refractivity contribution in [3.8, 4) is 0 Å². The van der Waals surface area contributed by atoms with E-state index in [1.54, 1.807) is 0 Å². The molecule has 0 aromatic rings. The van der Waals surface area contributed by atoms with Crippen LogP contribution in [0.25, 0.3) is 0 Å². The minimum atomic E-state index is -0.0818. The van der Waals surface area contributed by atoms with E-state index in [9.17, 15) is 5.11 Å². The van der Waals surface area contributed by atoms with Crippen molar-refractivity contribution in [2.24, 2.45) is 11.8 Å². The summed E-state index contributed by atoms with van der Waals surface area (Å²) in [4.78, 5) is 0. The van der Waals surface area contributed by atoms with E-state index in [2.05, 4.69) is 5.32 Å². The first-order chi connectivity index (χ1) is 7.83. The molecule has 3 aliphatic rings. The van der Waals surface area contributed by atoms with Crippen LogP contribution in [0.4, 0.5) is 0 Å². The van der Waals surface area contributed by atoms with Crippen LogP contribution in [0.1, 0.15) is 57.8 Å². The summed E-state index contributed by atoms with van der Waals surface area (Å²) < 4.78 is 0. The van der Waals surface area contributed by atoms with Gasteiger partial charge in [-0.2, -0.15) is 0 Å². The van der Waals surface area contributed by atoms with Gasteiger partial charge in [0.15, 0.2) is 0 Å². The van der Waals surface area contributed by atoms with Crippen molar-refractivity contribution in [1.29, 1.82) is 0 Å². The van der Waals surface area contributed by atoms with Gasteiger partial charge >= 0.3 is 0 Å². The molecule has 0 aromatic carbocycles. The third-order valence-corrected chi connectivity index (χ3v) is 5.15. The van der Waals surface area contributed by atoms with E-state index in [0.717, 1.165) is 24.3 Å². The molecule has 0 radical (unpaired) electrons. The van der Waals surface area contributed by atoms with Crippen molar-refractivity contribution >= 4 is 0 Å². The third-order valence-electron chi connectivity index (χ3n) is 5.15. The summed E-state index contributed by atoms with van der Waals surface area (Å²) in [5.41, 5.74) is 0. The molecule has 3 aliphatic carbocycles. The molecule has 2 N–H and O–H groups in total. The lowest BCUT2D eigenvalue weighted by atomic mass is 9.93. The van der Waals surface area contributed by atoms with Gasteiger partial charge in [-0.3, -0.25) is 0 Å². The topological polar surface area (TPSA) is 32.3 Å². The second-order valence-corrected chi connectivity index (χ2v) is 6.26. The minimum Gasteiger partial charge on any atom is -0.392 e. The highest BCUT2D eigenvalue weighted by Crippen LogP contribution is 2.44. The Morgan fingerprint density at radius 3 is 2.44 bits per heavy atom. The highest BCUT2D eigenvalue weighted by atomic mass is 16.3. The summed E-state index contributed by atoms with van der Waals surface area (Å²) in [5, 5.41) is 13.9. The summed E-state index contributed by atoms with van der Waals surface area (Å²) in [7, 11) is 0. The predicted molar refractivity (Wildman–Crippen MR) is 65.3 cm³/mol. The fourth-order valence-corrected chi connectivity index (χ4v) is 4.21. The number of aliphatic hydroxyl groups excluding tert-OH is 1. The number of hydrogen-bond acceptors (Lipinski definition) is 2. The quantitative estimate of drug-likeness (QED) is 0.705. The highest BCUT2D eigenvalue weighted by Gasteiger charge is 2.40. The van der Waals surface area contributed by atoms with E-state index in [4.69, 9.17) is 0 Å². The maximum absolute atomic E-state index is 10.1. The SMILES string of the molecule is OC1CCCCCC1NC1CC2CCC1C2. The van der Waals surface area contributed by atoms with Gasteiger partial charge in [-0.25, -0.2) is 0 Å². The lowest BCUT2D eigenvalue weighted by Gasteiger charge is -2.30. The van der Waals surface area contributed by atoms with Crippen molar-refractivity contribution < 1.29 is 5.11 Å². The molecule has 16 heavy (non-hydrogen) atoms. The Kier molecular flexibility index (Phi) is 3.21. The van der Waals surface area contributed by atoms with Crippen LogP contribution in [0.5, 0.6) is 0 Å². The summed E-state index contributed by atoms with van der Waals surface area (Å²) in [6.45, 7) is 0. The first-order valence-electron chi connectivity index (χ1n) is 7.27. The van der Waals surface area contributed by atoms with Crippen LogP contribution < -0.4 is 5.32 Å². The van der Waals surface area contributed by atoms with E-state index >= 15 is 0 Å². The van der Waals surface area contributed by atoms with Crippen molar-refractivity contribution in [3.63, 3.8) is 0 Å². The van der Waals surface area contributed by atoms with Crippen LogP contribution >= 0.6 is 0 Å². The fourth-order valence-electron chi connectivity index (χ4n) is 4.21. The molecule has 3 saturated carbocycles. The molecular formula is C14H25NO. The first kappa shape index (κ1) is 11.0. The highest BCUT2D eigenvalue weighted by molar-refractivity contribution is 4.96. The van der Waals surface area contributed by atoms with Crippen molar-refractivity contribution in [3.05, 3.63) is 0 Å². The van der Waals surface area contributed by atoms with E-state index in [1.807, 2.05) is 0 Å². The van der Waals surface area contributed by atoms with Crippen LogP contribution in [0, 0.1) is 11.8 Å². The Morgan fingerprint density at radius 1 is 0.812 bits per heavy atom. The van der Waals surface area contributed by atoms with Gasteiger partial charge in [0, 0.05) is 12.1 Å². The van der Waals surface area contributed by atoms with Gasteiger partial charge in [0.25, 0.3) is 0 Å². The normalized spacial score (nSPS) is 48.2. The maximum atomic E-state index is 10.1. The summed E-state index contributed by atoms with van der Waals surface area (Å²) >= 11 is 0. The van der Waals surface area contributed by atoms with Crippen molar-refractivity contribution in [1.82, 2.24) is 5.32 Å². The zero-order valence-electron chi connectivity index (χ0n) is 10.2. The molecule has 0 amide bonds. The molecule has 3 rings (SSSR count). The summed E-state index contributed by atoms with van der Waals surface area (Å²) in [6.07, 6.45) is 11.7. The Bertz CT molecular complexity index is 243. The van der Waals surface area contributed by atoms with E-state index in [0.29, 0.717) is 6.04 Å². The van der Waals surface area contributed by atoms with Crippen LogP contribution in [-0.4, -0.2) is 23.3 Å². The molecule has 2 heteroatoms. The maximum Gasteiger partial charge on any atom is 0.0693 e. The van der Waals surface area contributed by atoms with Gasteiger partial charge in [0.05, 0.1) is 6.10 Å². The molecule has 0 aromatic heterocycles. The van der Waals surface area contributed by atoms with Crippen molar-refractivity contribution in [2.75, 3.05) is 0 Å². The molecule has 92 valence electrons. The van der Waals surface area contributed by atoms with E-state index in [-0.39, 0.29) is 6.10 Å². The molecule has 5 atom stereocenters. The van der Waals surface area contributed by atoms with Gasteiger partial charge in [0.1, 0.15) is 0 Å². The van der Waals surface area contributed by atoms with Crippen molar-refractivity contribution in [2.45, 2.75) is 76.0 Å². The molecule has 0 spiro atoms. The molecule has 3 fully saturated rings. The van der Waals surface area contributed by atoms with Gasteiger partial charge in [0.2, 0.25) is 0 Å². The smallest absolute Gasteiger partial charge is 0.0693 e. The Balaban J connectivity index is 1.56. The average Bonchev–Trinajstić information content (AvgIpc) is 2.83. The fraction of sp³-hybridized carbons (Fsp3) is 1.00. The molecule has 2 nitrogen and oxygen atoms in total. The summed E-state index contributed by atoms with van der Waals surface area (Å²) in [6, 6.07) is 1.13. The van der Waals surface area contributed by atoms with Crippen LogP contribution in [0.2, 0.25) is 0 Å². The van der Waals surface area contributed by atoms with Gasteiger partial charge in [-0.05, 0) is 43.9 Å². The average molecular weight is 223 g/mol. The molecule has 5 unspecified atom stereocenters. The Morgan fingerprint density at radius 2 is 1.69 bits per heavy atom. The molecule has 0 saturated heterocycles. The van der Waals surface area contributed by atoms with Crippen LogP contribution in [0.15, 0.2) is 0 Å². The number of fused-ring (bicyclic) bond motifs is 2. The van der Waals surface area contributed by atoms with Crippen LogP contribution in [-0.2, 0) is 0 Å². The summed E-state index contributed by atoms with van der Waals surface area (Å²) in [5.74, 6) is 1.94. The Hall–Kier alpha value is -0.0800. The zero-order valence-corrected chi connectivity index (χ0v) is 10.2. The van der Waals surface area contributed by atoms with E-state index < -0.39 is 0 Å². The second kappa shape index (κ2) is 4.66. The zero-order chi connectivity index (χ0) is 11.0. The number of hydrogen-bond donors (Lipinski definition) is 2. The Labute approximate surface area is 98.8 Å². The van der Waals surface area contributed by atoms with Gasteiger partial charge in [-0.15, -0.1) is 0 Å². The predicted octanol–water partition coefficient (Wildman–Crippen LogP) is 2.46. The number of nitrogens with one attached hydrogen (secondary N) is 1. The van der Waals surface area contributed by atoms with Gasteiger partial charge in [-0.1, -0.05) is 25.7 Å². The minimum absolute atomic E-state index is 0.0818. The number of rotatable bonds is 2. The van der Waals surface area contributed by atoms with Crippen LogP contribution in [0.3, 0.4) is 0 Å². The lowest BCUT2D eigenvalue weighted by Crippen LogP contribution is -2.47. The van der Waals surface area contributed by atoms with E-state index in [1.165, 1.54) is 51.4 Å². The first-order valence-corrected chi connectivity index (χ1v) is 7.27.